The lowest BCUT2D eigenvalue weighted by atomic mass is 9.95. The molecule has 6 heteroatoms. The van der Waals surface area contributed by atoms with E-state index in [1.54, 1.807) is 42.2 Å². The molecule has 0 saturated carbocycles. The zero-order valence-corrected chi connectivity index (χ0v) is 19.1. The molecular weight excluding hydrogens is 443 g/mol. The number of rotatable bonds is 5. The lowest BCUT2D eigenvalue weighted by Gasteiger charge is -2.15. The minimum Gasteiger partial charge on any atom is -0.322 e. The van der Waals surface area contributed by atoms with Crippen LogP contribution < -0.4 is 5.32 Å². The van der Waals surface area contributed by atoms with Gasteiger partial charge in [-0.3, -0.25) is 9.78 Å². The van der Waals surface area contributed by atoms with Crippen molar-refractivity contribution in [3.8, 4) is 22.4 Å². The summed E-state index contributed by atoms with van der Waals surface area (Å²) in [4.78, 5) is 18.6. The van der Waals surface area contributed by atoms with E-state index in [9.17, 15) is 9.18 Å². The van der Waals surface area contributed by atoms with Crippen molar-refractivity contribution >= 4 is 35.0 Å². The minimum atomic E-state index is -0.304. The number of amides is 1. The molecular formula is C26H20ClFN2OS. The van der Waals surface area contributed by atoms with Crippen molar-refractivity contribution in [3.05, 3.63) is 101 Å². The quantitative estimate of drug-likeness (QED) is 0.312. The fourth-order valence-electron chi connectivity index (χ4n) is 3.52. The number of thioether (sulfide) groups is 1. The van der Waals surface area contributed by atoms with Crippen LogP contribution in [0.1, 0.15) is 15.9 Å². The predicted octanol–water partition coefficient (Wildman–Crippen LogP) is 7.49. The molecule has 0 radical (unpaired) electrons. The van der Waals surface area contributed by atoms with E-state index in [4.69, 9.17) is 11.6 Å². The first-order chi connectivity index (χ1) is 15.5. The van der Waals surface area contributed by atoms with Gasteiger partial charge in [0, 0.05) is 27.9 Å². The number of hydrogen-bond acceptors (Lipinski definition) is 3. The van der Waals surface area contributed by atoms with Crippen LogP contribution in [-0.4, -0.2) is 17.1 Å². The molecule has 0 spiro atoms. The lowest BCUT2D eigenvalue weighted by molar-refractivity contribution is 0.102. The van der Waals surface area contributed by atoms with Crippen LogP contribution in [0.2, 0.25) is 5.02 Å². The SMILES string of the molecule is CSc1ccc(C(=O)Nc2ccc(Cl)c(-c3ccccn3)c2)c(-c2ccc(F)cc2C)c1. The molecule has 160 valence electrons. The Balaban J connectivity index is 1.72. The fraction of sp³-hybridized carbons (Fsp3) is 0.0769. The largest absolute Gasteiger partial charge is 0.322 e. The number of pyridine rings is 1. The van der Waals surface area contributed by atoms with Crippen LogP contribution in [0, 0.1) is 12.7 Å². The smallest absolute Gasteiger partial charge is 0.256 e. The van der Waals surface area contributed by atoms with E-state index in [0.29, 0.717) is 16.3 Å². The Kier molecular flexibility index (Phi) is 6.58. The highest BCUT2D eigenvalue weighted by atomic mass is 35.5. The monoisotopic (exact) mass is 462 g/mol. The molecule has 3 aromatic carbocycles. The molecule has 0 bridgehead atoms. The van der Waals surface area contributed by atoms with Crippen LogP contribution >= 0.6 is 23.4 Å². The highest BCUT2D eigenvalue weighted by Crippen LogP contribution is 2.33. The molecule has 0 saturated heterocycles. The number of halogens is 2. The summed E-state index contributed by atoms with van der Waals surface area (Å²) >= 11 is 7.95. The molecule has 1 amide bonds. The minimum absolute atomic E-state index is 0.259. The van der Waals surface area contributed by atoms with Crippen molar-refractivity contribution in [1.82, 2.24) is 4.98 Å². The maximum absolute atomic E-state index is 13.7. The summed E-state index contributed by atoms with van der Waals surface area (Å²) in [6, 6.07) is 21.1. The Bertz CT molecular complexity index is 1290. The molecule has 0 atom stereocenters. The summed E-state index contributed by atoms with van der Waals surface area (Å²) in [6.07, 6.45) is 3.67. The number of aryl methyl sites for hydroxylation is 1. The summed E-state index contributed by atoms with van der Waals surface area (Å²) in [6.45, 7) is 1.84. The van der Waals surface area contributed by atoms with Gasteiger partial charge >= 0.3 is 0 Å². The van der Waals surface area contributed by atoms with Crippen LogP contribution in [-0.2, 0) is 0 Å². The fourth-order valence-corrected chi connectivity index (χ4v) is 4.17. The number of aromatic nitrogens is 1. The molecule has 3 nitrogen and oxygen atoms in total. The third-order valence-electron chi connectivity index (χ3n) is 5.12. The van der Waals surface area contributed by atoms with Crippen LogP contribution in [0.3, 0.4) is 0 Å². The van der Waals surface area contributed by atoms with Crippen molar-refractivity contribution in [3.63, 3.8) is 0 Å². The second-order valence-electron chi connectivity index (χ2n) is 7.23. The van der Waals surface area contributed by atoms with Gasteiger partial charge in [-0.15, -0.1) is 11.8 Å². The van der Waals surface area contributed by atoms with E-state index in [1.807, 2.05) is 49.6 Å². The van der Waals surface area contributed by atoms with Crippen molar-refractivity contribution in [2.24, 2.45) is 0 Å². The predicted molar refractivity (Wildman–Crippen MR) is 131 cm³/mol. The maximum Gasteiger partial charge on any atom is 0.256 e. The first kappa shape index (κ1) is 22.1. The molecule has 1 aromatic heterocycles. The summed E-state index contributed by atoms with van der Waals surface area (Å²) in [5.41, 5.74) is 4.91. The van der Waals surface area contributed by atoms with E-state index in [1.165, 1.54) is 12.1 Å². The van der Waals surface area contributed by atoms with Gasteiger partial charge in [-0.25, -0.2) is 4.39 Å². The van der Waals surface area contributed by atoms with E-state index >= 15 is 0 Å². The van der Waals surface area contributed by atoms with Crippen LogP contribution in [0.5, 0.6) is 0 Å². The number of benzene rings is 3. The topological polar surface area (TPSA) is 42.0 Å². The van der Waals surface area contributed by atoms with Crippen molar-refractivity contribution in [2.45, 2.75) is 11.8 Å². The molecule has 0 aliphatic rings. The molecule has 32 heavy (non-hydrogen) atoms. The summed E-state index contributed by atoms with van der Waals surface area (Å²) in [7, 11) is 0. The van der Waals surface area contributed by atoms with E-state index < -0.39 is 0 Å². The zero-order valence-electron chi connectivity index (χ0n) is 17.5. The first-order valence-corrected chi connectivity index (χ1v) is 11.5. The zero-order chi connectivity index (χ0) is 22.7. The molecule has 0 fully saturated rings. The number of carbonyl (C=O) groups excluding carboxylic acids is 1. The molecule has 1 N–H and O–H groups in total. The van der Waals surface area contributed by atoms with E-state index in [2.05, 4.69) is 10.3 Å². The van der Waals surface area contributed by atoms with Crippen molar-refractivity contribution < 1.29 is 9.18 Å². The molecule has 4 aromatic rings. The van der Waals surface area contributed by atoms with Crippen molar-refractivity contribution in [2.75, 3.05) is 11.6 Å². The van der Waals surface area contributed by atoms with Gasteiger partial charge in [-0.1, -0.05) is 23.7 Å². The van der Waals surface area contributed by atoms with E-state index in [-0.39, 0.29) is 11.7 Å². The Morgan fingerprint density at radius 2 is 1.81 bits per heavy atom. The second kappa shape index (κ2) is 9.55. The lowest BCUT2D eigenvalue weighted by Crippen LogP contribution is -2.13. The third-order valence-corrected chi connectivity index (χ3v) is 6.17. The van der Waals surface area contributed by atoms with Crippen LogP contribution in [0.25, 0.3) is 22.4 Å². The van der Waals surface area contributed by atoms with Gasteiger partial charge in [0.1, 0.15) is 5.82 Å². The number of hydrogen-bond donors (Lipinski definition) is 1. The Hall–Kier alpha value is -3.15. The third kappa shape index (κ3) is 4.69. The standard InChI is InChI=1S/C26H20ClFN2OS/c1-16-13-17(28)6-9-20(16)22-15-19(32-2)8-10-21(22)26(31)30-18-7-11-24(27)23(14-18)25-5-3-4-12-29-25/h3-15H,1-2H3,(H,30,31). The molecule has 0 aliphatic carbocycles. The molecule has 1 heterocycles. The normalized spacial score (nSPS) is 10.8. The number of carbonyl (C=O) groups is 1. The molecule has 0 aliphatic heterocycles. The highest BCUT2D eigenvalue weighted by Gasteiger charge is 2.17. The maximum atomic E-state index is 13.7. The summed E-state index contributed by atoms with van der Waals surface area (Å²) in [5, 5.41) is 3.52. The Labute approximate surface area is 195 Å². The average Bonchev–Trinajstić information content (AvgIpc) is 2.80. The van der Waals surface area contributed by atoms with E-state index in [0.717, 1.165) is 32.8 Å². The van der Waals surface area contributed by atoms with Gasteiger partial charge in [-0.2, -0.15) is 0 Å². The molecule has 0 unspecified atom stereocenters. The summed E-state index contributed by atoms with van der Waals surface area (Å²) < 4.78 is 13.7. The Morgan fingerprint density at radius 1 is 0.969 bits per heavy atom. The van der Waals surface area contributed by atoms with Crippen LogP contribution in [0.4, 0.5) is 10.1 Å². The van der Waals surface area contributed by atoms with Crippen LogP contribution in [0.15, 0.2) is 83.9 Å². The van der Waals surface area contributed by atoms with Crippen molar-refractivity contribution in [1.29, 1.82) is 0 Å². The van der Waals surface area contributed by atoms with Gasteiger partial charge in [-0.05, 0) is 90.5 Å². The second-order valence-corrected chi connectivity index (χ2v) is 8.52. The Morgan fingerprint density at radius 3 is 2.53 bits per heavy atom. The van der Waals surface area contributed by atoms with Gasteiger partial charge in [0.25, 0.3) is 5.91 Å². The number of anilines is 1. The van der Waals surface area contributed by atoms with Gasteiger partial charge < -0.3 is 5.32 Å². The van der Waals surface area contributed by atoms with Gasteiger partial charge in [0.2, 0.25) is 0 Å². The summed E-state index contributed by atoms with van der Waals surface area (Å²) in [5.74, 6) is -0.563. The molecule has 4 rings (SSSR count). The number of nitrogens with one attached hydrogen (secondary N) is 1. The van der Waals surface area contributed by atoms with Gasteiger partial charge in [0.05, 0.1) is 10.7 Å². The first-order valence-electron chi connectivity index (χ1n) is 9.93. The average molecular weight is 463 g/mol. The van der Waals surface area contributed by atoms with Gasteiger partial charge in [0.15, 0.2) is 0 Å². The number of nitrogens with zero attached hydrogens (tertiary/aromatic N) is 1. The highest BCUT2D eigenvalue weighted by molar-refractivity contribution is 7.98.